The fraction of sp³-hybridized carbons (Fsp3) is 1.00. The lowest BCUT2D eigenvalue weighted by atomic mass is 9.96. The fourth-order valence-electron chi connectivity index (χ4n) is 2.35. The third kappa shape index (κ3) is 8.93. The van der Waals surface area contributed by atoms with E-state index in [-0.39, 0.29) is 0 Å². The third-order valence-electron chi connectivity index (χ3n) is 3.53. The van der Waals surface area contributed by atoms with Crippen molar-refractivity contribution < 1.29 is 0 Å². The first kappa shape index (κ1) is 20.2. The molecule has 1 saturated heterocycles. The Balaban J connectivity index is 0. The van der Waals surface area contributed by atoms with Crippen LogP contribution in [-0.4, -0.2) is 37.6 Å². The fourth-order valence-corrected chi connectivity index (χ4v) is 2.35. The molecule has 1 heterocycles. The maximum atomic E-state index is 3.25. The molecule has 1 unspecified atom stereocenters. The summed E-state index contributed by atoms with van der Waals surface area (Å²) in [5, 5.41) is 3.25. The van der Waals surface area contributed by atoms with Crippen LogP contribution in [0.2, 0.25) is 0 Å². The molecule has 0 bridgehead atoms. The van der Waals surface area contributed by atoms with Gasteiger partial charge in [0, 0.05) is 6.04 Å². The standard InChI is InChI=1S/C12H26N2.2C2H6/c1-4-12(5-8-13-3)14-9-6-11(2)7-10-14;2*1-2/h11-13H,4-10H2,1-3H3;2*1-2H3. The molecule has 0 aromatic heterocycles. The molecular weight excluding hydrogens is 220 g/mol. The summed E-state index contributed by atoms with van der Waals surface area (Å²) in [4.78, 5) is 2.69. The number of nitrogens with zero attached hydrogens (tertiary/aromatic N) is 1. The molecule has 0 aromatic carbocycles. The zero-order valence-corrected chi connectivity index (χ0v) is 14.1. The Kier molecular flexibility index (Phi) is 16.8. The van der Waals surface area contributed by atoms with E-state index in [4.69, 9.17) is 0 Å². The Labute approximate surface area is 117 Å². The zero-order valence-electron chi connectivity index (χ0n) is 14.1. The Hall–Kier alpha value is -0.0800. The third-order valence-corrected chi connectivity index (χ3v) is 3.53. The van der Waals surface area contributed by atoms with Gasteiger partial charge < -0.3 is 10.2 Å². The van der Waals surface area contributed by atoms with Gasteiger partial charge in [0.2, 0.25) is 0 Å². The van der Waals surface area contributed by atoms with Gasteiger partial charge in [-0.1, -0.05) is 41.5 Å². The summed E-state index contributed by atoms with van der Waals surface area (Å²) in [6.07, 6.45) is 5.41. The van der Waals surface area contributed by atoms with E-state index >= 15 is 0 Å². The van der Waals surface area contributed by atoms with Crippen molar-refractivity contribution >= 4 is 0 Å². The first-order valence-electron chi connectivity index (χ1n) is 8.16. The second kappa shape index (κ2) is 15.0. The molecule has 1 rings (SSSR count). The minimum Gasteiger partial charge on any atom is -0.320 e. The predicted octanol–water partition coefficient (Wildman–Crippen LogP) is 4.16. The van der Waals surface area contributed by atoms with E-state index in [2.05, 4.69) is 24.1 Å². The van der Waals surface area contributed by atoms with Crippen LogP contribution in [0.25, 0.3) is 0 Å². The lowest BCUT2D eigenvalue weighted by molar-refractivity contribution is 0.128. The van der Waals surface area contributed by atoms with Crippen LogP contribution in [-0.2, 0) is 0 Å². The summed E-state index contributed by atoms with van der Waals surface area (Å²) in [5.41, 5.74) is 0. The van der Waals surface area contributed by atoms with Crippen LogP contribution in [0, 0.1) is 5.92 Å². The Bertz CT molecular complexity index is 137. The van der Waals surface area contributed by atoms with Crippen molar-refractivity contribution in [1.29, 1.82) is 0 Å². The van der Waals surface area contributed by atoms with Crippen molar-refractivity contribution in [2.45, 2.75) is 73.3 Å². The molecule has 112 valence electrons. The van der Waals surface area contributed by atoms with Crippen LogP contribution in [0.1, 0.15) is 67.2 Å². The highest BCUT2D eigenvalue weighted by Gasteiger charge is 2.21. The number of likely N-dealkylation sites (tertiary alicyclic amines) is 1. The van der Waals surface area contributed by atoms with E-state index in [0.717, 1.165) is 18.5 Å². The smallest absolute Gasteiger partial charge is 0.0105 e. The molecule has 1 fully saturated rings. The van der Waals surface area contributed by atoms with Crippen LogP contribution >= 0.6 is 0 Å². The van der Waals surface area contributed by atoms with Gasteiger partial charge >= 0.3 is 0 Å². The molecule has 1 aliphatic rings. The SMILES string of the molecule is CC.CC.CCC(CCNC)N1CCC(C)CC1. The number of nitrogens with one attached hydrogen (secondary N) is 1. The molecular formula is C16H38N2. The lowest BCUT2D eigenvalue weighted by Gasteiger charge is -2.36. The minimum absolute atomic E-state index is 0.815. The number of hydrogen-bond acceptors (Lipinski definition) is 2. The summed E-state index contributed by atoms with van der Waals surface area (Å²) in [7, 11) is 2.05. The van der Waals surface area contributed by atoms with Gasteiger partial charge in [0.15, 0.2) is 0 Å². The van der Waals surface area contributed by atoms with Gasteiger partial charge in [-0.25, -0.2) is 0 Å². The monoisotopic (exact) mass is 258 g/mol. The van der Waals surface area contributed by atoms with Gasteiger partial charge in [0.05, 0.1) is 0 Å². The van der Waals surface area contributed by atoms with Gasteiger partial charge in [-0.05, 0) is 58.3 Å². The highest BCUT2D eigenvalue weighted by Crippen LogP contribution is 2.20. The summed E-state index contributed by atoms with van der Waals surface area (Å²) >= 11 is 0. The first-order chi connectivity index (χ1) is 8.77. The molecule has 2 nitrogen and oxygen atoms in total. The molecule has 2 heteroatoms. The first-order valence-corrected chi connectivity index (χ1v) is 8.16. The average molecular weight is 258 g/mol. The summed E-state index contributed by atoms with van der Waals surface area (Å²) in [5.74, 6) is 0.952. The number of hydrogen-bond donors (Lipinski definition) is 1. The van der Waals surface area contributed by atoms with E-state index in [1.807, 2.05) is 34.7 Å². The predicted molar refractivity (Wildman–Crippen MR) is 85.3 cm³/mol. The molecule has 0 spiro atoms. The number of piperidine rings is 1. The quantitative estimate of drug-likeness (QED) is 0.796. The lowest BCUT2D eigenvalue weighted by Crippen LogP contribution is -2.41. The molecule has 0 amide bonds. The van der Waals surface area contributed by atoms with Crippen molar-refractivity contribution in [3.8, 4) is 0 Å². The van der Waals surface area contributed by atoms with Crippen LogP contribution < -0.4 is 5.32 Å². The van der Waals surface area contributed by atoms with E-state index < -0.39 is 0 Å². The zero-order chi connectivity index (χ0) is 14.4. The van der Waals surface area contributed by atoms with Crippen molar-refractivity contribution in [2.24, 2.45) is 5.92 Å². The second-order valence-corrected chi connectivity index (χ2v) is 4.67. The van der Waals surface area contributed by atoms with Crippen LogP contribution in [0.3, 0.4) is 0 Å². The van der Waals surface area contributed by atoms with Gasteiger partial charge in [-0.2, -0.15) is 0 Å². The van der Waals surface area contributed by atoms with Gasteiger partial charge in [-0.3, -0.25) is 0 Å². The summed E-state index contributed by atoms with van der Waals surface area (Å²) < 4.78 is 0. The van der Waals surface area contributed by atoms with Crippen LogP contribution in [0.15, 0.2) is 0 Å². The maximum Gasteiger partial charge on any atom is 0.0105 e. The maximum absolute atomic E-state index is 3.25. The molecule has 1 N–H and O–H groups in total. The van der Waals surface area contributed by atoms with Crippen molar-refractivity contribution in [1.82, 2.24) is 10.2 Å². The van der Waals surface area contributed by atoms with Gasteiger partial charge in [0.1, 0.15) is 0 Å². The van der Waals surface area contributed by atoms with Crippen molar-refractivity contribution in [3.63, 3.8) is 0 Å². The van der Waals surface area contributed by atoms with E-state index in [1.165, 1.54) is 38.8 Å². The van der Waals surface area contributed by atoms with Crippen molar-refractivity contribution in [3.05, 3.63) is 0 Å². The van der Waals surface area contributed by atoms with E-state index in [1.54, 1.807) is 0 Å². The molecule has 1 atom stereocenters. The minimum atomic E-state index is 0.815. The van der Waals surface area contributed by atoms with E-state index in [9.17, 15) is 0 Å². The second-order valence-electron chi connectivity index (χ2n) is 4.67. The molecule has 0 aromatic rings. The summed E-state index contributed by atoms with van der Waals surface area (Å²) in [6.45, 7) is 16.5. The number of rotatable bonds is 5. The van der Waals surface area contributed by atoms with Crippen LogP contribution in [0.4, 0.5) is 0 Å². The van der Waals surface area contributed by atoms with Crippen LogP contribution in [0.5, 0.6) is 0 Å². The van der Waals surface area contributed by atoms with Gasteiger partial charge in [-0.15, -0.1) is 0 Å². The Morgan fingerprint density at radius 3 is 2.00 bits per heavy atom. The summed E-state index contributed by atoms with van der Waals surface area (Å²) in [6, 6.07) is 0.815. The Morgan fingerprint density at radius 2 is 1.61 bits per heavy atom. The van der Waals surface area contributed by atoms with E-state index in [0.29, 0.717) is 0 Å². The highest BCUT2D eigenvalue weighted by molar-refractivity contribution is 4.76. The van der Waals surface area contributed by atoms with Gasteiger partial charge in [0.25, 0.3) is 0 Å². The molecule has 18 heavy (non-hydrogen) atoms. The molecule has 1 aliphatic heterocycles. The normalized spacial score (nSPS) is 18.2. The Morgan fingerprint density at radius 1 is 1.11 bits per heavy atom. The largest absolute Gasteiger partial charge is 0.320 e. The molecule has 0 aliphatic carbocycles. The molecule has 0 radical (unpaired) electrons. The average Bonchev–Trinajstić information content (AvgIpc) is 2.46. The topological polar surface area (TPSA) is 15.3 Å². The highest BCUT2D eigenvalue weighted by atomic mass is 15.2. The van der Waals surface area contributed by atoms with Crippen molar-refractivity contribution in [2.75, 3.05) is 26.7 Å². The molecule has 0 saturated carbocycles.